The van der Waals surface area contributed by atoms with Crippen LogP contribution in [0.1, 0.15) is 31.4 Å². The highest BCUT2D eigenvalue weighted by atomic mass is 16.5. The highest BCUT2D eigenvalue weighted by molar-refractivity contribution is 5.17. The Bertz CT molecular complexity index is 347. The van der Waals surface area contributed by atoms with E-state index in [0.717, 1.165) is 25.9 Å². The third-order valence-electron chi connectivity index (χ3n) is 3.75. The van der Waals surface area contributed by atoms with Gasteiger partial charge in [-0.1, -0.05) is 0 Å². The zero-order chi connectivity index (χ0) is 13.0. The molecule has 2 heterocycles. The largest absolute Gasteiger partial charge is 0.381 e. The van der Waals surface area contributed by atoms with Crippen molar-refractivity contribution in [3.63, 3.8) is 0 Å². The Labute approximate surface area is 109 Å². The number of nitrogens with zero attached hydrogens (tertiary/aromatic N) is 2. The second-order valence-electron chi connectivity index (χ2n) is 5.06. The second-order valence-corrected chi connectivity index (χ2v) is 5.06. The van der Waals surface area contributed by atoms with Crippen molar-refractivity contribution in [1.29, 1.82) is 0 Å². The molecule has 0 saturated carbocycles. The topological polar surface area (TPSA) is 51.4 Å². The summed E-state index contributed by atoms with van der Waals surface area (Å²) in [5, 5.41) is 0. The molecule has 2 rings (SSSR count). The van der Waals surface area contributed by atoms with E-state index in [9.17, 15) is 0 Å². The molecule has 1 aliphatic rings. The maximum atomic E-state index is 6.17. The summed E-state index contributed by atoms with van der Waals surface area (Å²) in [5.41, 5.74) is 7.43. The van der Waals surface area contributed by atoms with Crippen LogP contribution in [-0.4, -0.2) is 42.2 Å². The standard InChI is InChI=1S/C14H23N3O/c1-11(15)14(12-3-7-16-8-4-12)17-9-5-13(18-2)6-10-17/h3-4,7-8,11,13-14H,5-6,9-10,15H2,1-2H3. The number of hydrogen-bond acceptors (Lipinski definition) is 4. The predicted octanol–water partition coefficient (Wildman–Crippen LogP) is 1.58. The first-order valence-electron chi connectivity index (χ1n) is 6.64. The predicted molar refractivity (Wildman–Crippen MR) is 72.2 cm³/mol. The van der Waals surface area contributed by atoms with Crippen molar-refractivity contribution in [3.8, 4) is 0 Å². The fraction of sp³-hybridized carbons (Fsp3) is 0.643. The molecule has 4 heteroatoms. The van der Waals surface area contributed by atoms with Crippen molar-refractivity contribution in [2.75, 3.05) is 20.2 Å². The van der Waals surface area contributed by atoms with Crippen LogP contribution in [0.5, 0.6) is 0 Å². The van der Waals surface area contributed by atoms with Crippen LogP contribution < -0.4 is 5.73 Å². The van der Waals surface area contributed by atoms with E-state index in [4.69, 9.17) is 10.5 Å². The summed E-state index contributed by atoms with van der Waals surface area (Å²) in [4.78, 5) is 6.55. The van der Waals surface area contributed by atoms with Crippen LogP contribution in [0.2, 0.25) is 0 Å². The Morgan fingerprint density at radius 1 is 1.33 bits per heavy atom. The first-order valence-corrected chi connectivity index (χ1v) is 6.64. The van der Waals surface area contributed by atoms with Crippen molar-refractivity contribution in [3.05, 3.63) is 30.1 Å². The number of likely N-dealkylation sites (tertiary alicyclic amines) is 1. The minimum atomic E-state index is 0.117. The molecule has 1 fully saturated rings. The molecule has 100 valence electrons. The lowest BCUT2D eigenvalue weighted by molar-refractivity contribution is 0.0234. The molecule has 1 aromatic heterocycles. The number of pyridine rings is 1. The number of nitrogens with two attached hydrogens (primary N) is 1. The number of piperidine rings is 1. The third-order valence-corrected chi connectivity index (χ3v) is 3.75. The van der Waals surface area contributed by atoms with Gasteiger partial charge in [0.1, 0.15) is 0 Å². The number of ether oxygens (including phenoxy) is 1. The van der Waals surface area contributed by atoms with E-state index in [-0.39, 0.29) is 12.1 Å². The van der Waals surface area contributed by atoms with E-state index in [0.29, 0.717) is 6.10 Å². The average molecular weight is 249 g/mol. The van der Waals surface area contributed by atoms with Gasteiger partial charge in [-0.25, -0.2) is 0 Å². The lowest BCUT2D eigenvalue weighted by Crippen LogP contribution is -2.45. The molecule has 1 aliphatic heterocycles. The quantitative estimate of drug-likeness (QED) is 0.880. The van der Waals surface area contributed by atoms with Crippen LogP contribution in [0.4, 0.5) is 0 Å². The molecule has 1 saturated heterocycles. The SMILES string of the molecule is COC1CCN(C(c2ccncc2)C(C)N)CC1. The smallest absolute Gasteiger partial charge is 0.0595 e. The summed E-state index contributed by atoms with van der Waals surface area (Å²) < 4.78 is 5.42. The molecule has 18 heavy (non-hydrogen) atoms. The van der Waals surface area contributed by atoms with Crippen molar-refractivity contribution >= 4 is 0 Å². The molecule has 0 amide bonds. The molecule has 4 nitrogen and oxygen atoms in total. The van der Waals surface area contributed by atoms with Crippen LogP contribution in [0.25, 0.3) is 0 Å². The minimum Gasteiger partial charge on any atom is -0.381 e. The molecule has 1 aromatic rings. The van der Waals surface area contributed by atoms with Crippen LogP contribution in [0.15, 0.2) is 24.5 Å². The molecule has 2 unspecified atom stereocenters. The molecule has 0 bridgehead atoms. The Hall–Kier alpha value is -0.970. The van der Waals surface area contributed by atoms with Gasteiger partial charge in [-0.2, -0.15) is 0 Å². The molecule has 2 N–H and O–H groups in total. The summed E-state index contributed by atoms with van der Waals surface area (Å²) in [6.45, 7) is 4.17. The van der Waals surface area contributed by atoms with Crippen molar-refractivity contribution in [2.45, 2.75) is 38.0 Å². The van der Waals surface area contributed by atoms with Crippen LogP contribution in [0, 0.1) is 0 Å². The van der Waals surface area contributed by atoms with E-state index in [1.54, 1.807) is 7.11 Å². The molecule has 0 aromatic carbocycles. The van der Waals surface area contributed by atoms with E-state index in [1.165, 1.54) is 5.56 Å². The molecular formula is C14H23N3O. The molecule has 0 spiro atoms. The maximum Gasteiger partial charge on any atom is 0.0595 e. The first kappa shape index (κ1) is 13.5. The normalized spacial score (nSPS) is 21.7. The molecule has 0 aliphatic carbocycles. The number of methoxy groups -OCH3 is 1. The Balaban J connectivity index is 2.08. The zero-order valence-corrected chi connectivity index (χ0v) is 11.2. The Morgan fingerprint density at radius 2 is 1.94 bits per heavy atom. The van der Waals surface area contributed by atoms with Gasteiger partial charge in [-0.15, -0.1) is 0 Å². The highest BCUT2D eigenvalue weighted by Gasteiger charge is 2.28. The van der Waals surface area contributed by atoms with Gasteiger partial charge in [-0.3, -0.25) is 9.88 Å². The summed E-state index contributed by atoms with van der Waals surface area (Å²) >= 11 is 0. The van der Waals surface area contributed by atoms with Crippen LogP contribution >= 0.6 is 0 Å². The van der Waals surface area contributed by atoms with E-state index >= 15 is 0 Å². The monoisotopic (exact) mass is 249 g/mol. The van der Waals surface area contributed by atoms with Gasteiger partial charge in [0.05, 0.1) is 6.10 Å². The van der Waals surface area contributed by atoms with Gasteiger partial charge in [0, 0.05) is 44.7 Å². The highest BCUT2D eigenvalue weighted by Crippen LogP contribution is 2.27. The van der Waals surface area contributed by atoms with Gasteiger partial charge in [-0.05, 0) is 37.5 Å². The van der Waals surface area contributed by atoms with Crippen molar-refractivity contribution < 1.29 is 4.74 Å². The van der Waals surface area contributed by atoms with Crippen molar-refractivity contribution in [2.24, 2.45) is 5.73 Å². The van der Waals surface area contributed by atoms with Crippen LogP contribution in [-0.2, 0) is 4.74 Å². The Morgan fingerprint density at radius 3 is 2.44 bits per heavy atom. The maximum absolute atomic E-state index is 6.17. The summed E-state index contributed by atoms with van der Waals surface area (Å²) in [5.74, 6) is 0. The van der Waals surface area contributed by atoms with Gasteiger partial charge < -0.3 is 10.5 Å². The van der Waals surface area contributed by atoms with Crippen molar-refractivity contribution in [1.82, 2.24) is 9.88 Å². The van der Waals surface area contributed by atoms with Gasteiger partial charge in [0.25, 0.3) is 0 Å². The number of aromatic nitrogens is 1. The number of rotatable bonds is 4. The van der Waals surface area contributed by atoms with Gasteiger partial charge in [0.15, 0.2) is 0 Å². The summed E-state index contributed by atoms with van der Waals surface area (Å²) in [6.07, 6.45) is 6.27. The first-order chi connectivity index (χ1) is 8.72. The van der Waals surface area contributed by atoms with E-state index in [2.05, 4.69) is 28.9 Å². The lowest BCUT2D eigenvalue weighted by Gasteiger charge is -2.39. The summed E-state index contributed by atoms with van der Waals surface area (Å²) in [6, 6.07) is 4.53. The fourth-order valence-electron chi connectivity index (χ4n) is 2.80. The fourth-order valence-corrected chi connectivity index (χ4v) is 2.80. The molecule has 0 radical (unpaired) electrons. The van der Waals surface area contributed by atoms with E-state index < -0.39 is 0 Å². The number of hydrogen-bond donors (Lipinski definition) is 1. The second kappa shape index (κ2) is 6.27. The lowest BCUT2D eigenvalue weighted by atomic mass is 9.97. The van der Waals surface area contributed by atoms with E-state index in [1.807, 2.05) is 12.4 Å². The summed E-state index contributed by atoms with van der Waals surface area (Å²) in [7, 11) is 1.80. The van der Waals surface area contributed by atoms with Gasteiger partial charge in [0.2, 0.25) is 0 Å². The Kier molecular flexibility index (Phi) is 4.69. The van der Waals surface area contributed by atoms with Gasteiger partial charge >= 0.3 is 0 Å². The zero-order valence-electron chi connectivity index (χ0n) is 11.2. The average Bonchev–Trinajstić information content (AvgIpc) is 2.40. The minimum absolute atomic E-state index is 0.117. The molecule has 2 atom stereocenters. The molecular weight excluding hydrogens is 226 g/mol. The van der Waals surface area contributed by atoms with Crippen LogP contribution in [0.3, 0.4) is 0 Å². The third kappa shape index (κ3) is 3.07.